The van der Waals surface area contributed by atoms with Gasteiger partial charge in [-0.25, -0.2) is 0 Å². The quantitative estimate of drug-likeness (QED) is 0.639. The normalized spacial score (nSPS) is 16.4. The lowest BCUT2D eigenvalue weighted by molar-refractivity contribution is -0.129. The third kappa shape index (κ3) is 8.58. The summed E-state index contributed by atoms with van der Waals surface area (Å²) in [6, 6.07) is 18.6. The molecule has 0 fully saturated rings. The number of fused-ring (bicyclic) bond motifs is 1. The maximum Gasteiger partial charge on any atom is 0.219 e. The minimum Gasteiger partial charge on any atom is -0.374 e. The van der Waals surface area contributed by atoms with Gasteiger partial charge in [0.25, 0.3) is 0 Å². The zero-order valence-electron chi connectivity index (χ0n) is 18.7. The lowest BCUT2D eigenvalue weighted by atomic mass is 10.00. The molecule has 0 radical (unpaired) electrons. The van der Waals surface area contributed by atoms with Crippen molar-refractivity contribution in [3.63, 3.8) is 0 Å². The maximum absolute atomic E-state index is 11.1. The van der Waals surface area contributed by atoms with Crippen LogP contribution in [0.4, 0.5) is 0 Å². The molecule has 6 heteroatoms. The number of benzene rings is 2. The second-order valence-electron chi connectivity index (χ2n) is 7.55. The molecular weight excluding hydrogens is 406 g/mol. The average molecular weight is 440 g/mol. The molecule has 0 aliphatic carbocycles. The van der Waals surface area contributed by atoms with Crippen molar-refractivity contribution in [2.45, 2.75) is 52.0 Å². The Hall–Kier alpha value is -2.60. The van der Waals surface area contributed by atoms with E-state index in [1.807, 2.05) is 29.2 Å². The van der Waals surface area contributed by atoms with Gasteiger partial charge in [-0.1, -0.05) is 80.0 Å². The highest BCUT2D eigenvalue weighted by atomic mass is 32.2. The van der Waals surface area contributed by atoms with Crippen LogP contribution in [-0.2, 0) is 24.2 Å². The molecule has 31 heavy (non-hydrogen) atoms. The Kier molecular flexibility index (Phi) is 10.9. The van der Waals surface area contributed by atoms with E-state index in [4.69, 9.17) is 0 Å². The lowest BCUT2D eigenvalue weighted by Gasteiger charge is -2.27. The van der Waals surface area contributed by atoms with Gasteiger partial charge in [0, 0.05) is 32.1 Å². The average Bonchev–Trinajstić information content (AvgIpc) is 3.22. The molecule has 1 atom stereocenters. The van der Waals surface area contributed by atoms with Gasteiger partial charge in [-0.2, -0.15) is 4.91 Å². The van der Waals surface area contributed by atoms with Crippen molar-refractivity contribution in [3.8, 4) is 0 Å². The van der Waals surface area contributed by atoms with Crippen molar-refractivity contribution in [2.75, 3.05) is 13.1 Å². The molecular formula is C25H33N3O2S. The van der Waals surface area contributed by atoms with Crippen molar-refractivity contribution in [1.29, 1.82) is 0 Å². The van der Waals surface area contributed by atoms with E-state index in [-0.39, 0.29) is 11.3 Å². The SMILES string of the molecule is CC(=O)N1CCc2ccccc2C1.CCC.O=NCC1NC(Cc2ccccc2)=CS1. The monoisotopic (exact) mass is 439 g/mol. The van der Waals surface area contributed by atoms with Crippen LogP contribution in [0.25, 0.3) is 0 Å². The highest BCUT2D eigenvalue weighted by Crippen LogP contribution is 2.23. The molecule has 1 unspecified atom stereocenters. The summed E-state index contributed by atoms with van der Waals surface area (Å²) in [7, 11) is 0. The van der Waals surface area contributed by atoms with E-state index >= 15 is 0 Å². The Bertz CT molecular complexity index is 855. The van der Waals surface area contributed by atoms with Gasteiger partial charge in [-0.15, -0.1) is 11.8 Å². The fourth-order valence-corrected chi connectivity index (χ4v) is 4.11. The van der Waals surface area contributed by atoms with Crippen molar-refractivity contribution in [2.24, 2.45) is 5.18 Å². The lowest BCUT2D eigenvalue weighted by Crippen LogP contribution is -2.34. The Balaban J connectivity index is 0.000000197. The van der Waals surface area contributed by atoms with Crippen molar-refractivity contribution < 1.29 is 4.79 Å². The summed E-state index contributed by atoms with van der Waals surface area (Å²) in [5, 5.41) is 8.36. The molecule has 1 N–H and O–H groups in total. The highest BCUT2D eigenvalue weighted by Gasteiger charge is 2.17. The topological polar surface area (TPSA) is 61.8 Å². The van der Waals surface area contributed by atoms with Crippen LogP contribution in [-0.4, -0.2) is 29.3 Å². The van der Waals surface area contributed by atoms with Crippen LogP contribution in [0.5, 0.6) is 0 Å². The van der Waals surface area contributed by atoms with E-state index in [0.29, 0.717) is 6.54 Å². The first-order valence-corrected chi connectivity index (χ1v) is 11.8. The molecule has 5 nitrogen and oxygen atoms in total. The van der Waals surface area contributed by atoms with Crippen LogP contribution in [0.1, 0.15) is 43.9 Å². The Morgan fingerprint density at radius 2 is 1.74 bits per heavy atom. The first-order valence-electron chi connectivity index (χ1n) is 10.8. The van der Waals surface area contributed by atoms with E-state index in [9.17, 15) is 9.70 Å². The first-order chi connectivity index (χ1) is 15.1. The van der Waals surface area contributed by atoms with Crippen LogP contribution in [0.3, 0.4) is 0 Å². The standard InChI is InChI=1S/C11H12N2OS.C11H13NO.C3H8/c14-12-7-11-13-10(8-15-11)6-9-4-2-1-3-5-9;1-9(13)12-7-6-10-4-2-3-5-11(10)8-12;1-3-2/h1-5,8,11,13H,6-7H2;2-5H,6-8H2,1H3;3H2,1-2H3. The highest BCUT2D eigenvalue weighted by molar-refractivity contribution is 8.03. The minimum atomic E-state index is 0.126. The molecule has 1 amide bonds. The summed E-state index contributed by atoms with van der Waals surface area (Å²) in [6.07, 6.45) is 3.14. The largest absolute Gasteiger partial charge is 0.374 e. The number of carbonyl (C=O) groups is 1. The van der Waals surface area contributed by atoms with Gasteiger partial charge in [-0.3, -0.25) is 4.79 Å². The predicted molar refractivity (Wildman–Crippen MR) is 131 cm³/mol. The smallest absolute Gasteiger partial charge is 0.219 e. The fraction of sp³-hybridized carbons (Fsp3) is 0.400. The summed E-state index contributed by atoms with van der Waals surface area (Å²) >= 11 is 1.63. The van der Waals surface area contributed by atoms with Gasteiger partial charge in [-0.05, 0) is 28.5 Å². The van der Waals surface area contributed by atoms with Crippen LogP contribution >= 0.6 is 11.8 Å². The van der Waals surface area contributed by atoms with Gasteiger partial charge in [0.05, 0.1) is 5.37 Å². The second-order valence-corrected chi connectivity index (χ2v) is 8.63. The maximum atomic E-state index is 11.1. The van der Waals surface area contributed by atoms with Gasteiger partial charge in [0.15, 0.2) is 0 Å². The third-order valence-electron chi connectivity index (χ3n) is 4.77. The van der Waals surface area contributed by atoms with Gasteiger partial charge in [0.2, 0.25) is 5.91 Å². The molecule has 0 saturated heterocycles. The van der Waals surface area contributed by atoms with Crippen LogP contribution in [0.2, 0.25) is 0 Å². The zero-order valence-corrected chi connectivity index (χ0v) is 19.5. The molecule has 0 bridgehead atoms. The van der Waals surface area contributed by atoms with E-state index in [1.165, 1.54) is 28.8 Å². The third-order valence-corrected chi connectivity index (χ3v) is 5.79. The number of hydrogen-bond donors (Lipinski definition) is 1. The number of hydrogen-bond acceptors (Lipinski definition) is 5. The molecule has 2 aromatic carbocycles. The molecule has 0 aromatic heterocycles. The van der Waals surface area contributed by atoms with Gasteiger partial charge < -0.3 is 10.2 Å². The molecule has 2 aliphatic rings. The van der Waals surface area contributed by atoms with Crippen LogP contribution < -0.4 is 5.32 Å². The number of thioether (sulfide) groups is 1. The summed E-state index contributed by atoms with van der Waals surface area (Å²) < 4.78 is 0. The van der Waals surface area contributed by atoms with E-state index in [0.717, 1.165) is 25.9 Å². The second kappa shape index (κ2) is 13.7. The number of allylic oxidation sites excluding steroid dienone is 1. The predicted octanol–water partition coefficient (Wildman–Crippen LogP) is 5.51. The summed E-state index contributed by atoms with van der Waals surface area (Å²) in [4.78, 5) is 23.1. The van der Waals surface area contributed by atoms with Crippen LogP contribution in [0, 0.1) is 4.91 Å². The number of amides is 1. The van der Waals surface area contributed by atoms with E-state index in [1.54, 1.807) is 18.7 Å². The summed E-state index contributed by atoms with van der Waals surface area (Å²) in [6.45, 7) is 7.85. The molecule has 0 spiro atoms. The van der Waals surface area contributed by atoms with Crippen LogP contribution in [0.15, 0.2) is 70.9 Å². The fourth-order valence-electron chi connectivity index (χ4n) is 3.27. The summed E-state index contributed by atoms with van der Waals surface area (Å²) in [5.41, 5.74) is 5.13. The number of carbonyl (C=O) groups excluding carboxylic acids is 1. The Labute approximate surface area is 190 Å². The van der Waals surface area contributed by atoms with Gasteiger partial charge in [0.1, 0.15) is 6.54 Å². The number of nitroso groups, excluding NO2 is 1. The number of rotatable bonds is 4. The Morgan fingerprint density at radius 3 is 2.39 bits per heavy atom. The molecule has 4 rings (SSSR count). The zero-order chi connectivity index (χ0) is 22.5. The molecule has 2 heterocycles. The van der Waals surface area contributed by atoms with Crippen molar-refractivity contribution >= 4 is 17.7 Å². The minimum absolute atomic E-state index is 0.126. The van der Waals surface area contributed by atoms with Gasteiger partial charge >= 0.3 is 0 Å². The van der Waals surface area contributed by atoms with E-state index in [2.05, 4.69) is 60.1 Å². The number of nitrogens with zero attached hydrogens (tertiary/aromatic N) is 2. The summed E-state index contributed by atoms with van der Waals surface area (Å²) in [5.74, 6) is 0.175. The van der Waals surface area contributed by atoms with Crippen molar-refractivity contribution in [3.05, 3.63) is 87.3 Å². The first kappa shape index (κ1) is 24.7. The molecule has 2 aromatic rings. The molecule has 0 saturated carbocycles. The Morgan fingerprint density at radius 1 is 1.10 bits per heavy atom. The number of nitrogens with one attached hydrogen (secondary N) is 1. The van der Waals surface area contributed by atoms with E-state index < -0.39 is 0 Å². The molecule has 166 valence electrons. The van der Waals surface area contributed by atoms with Crippen molar-refractivity contribution in [1.82, 2.24) is 10.2 Å². The molecule has 2 aliphatic heterocycles.